The molecule has 0 aliphatic rings. The highest BCUT2D eigenvalue weighted by Crippen LogP contribution is 2.42. The van der Waals surface area contributed by atoms with Gasteiger partial charge >= 0.3 is 0 Å². The summed E-state index contributed by atoms with van der Waals surface area (Å²) < 4.78 is 12.8. The molecule has 6 aromatic rings. The van der Waals surface area contributed by atoms with Gasteiger partial charge in [0.25, 0.3) is 0 Å². The Hall–Kier alpha value is -3.26. The quantitative estimate of drug-likeness (QED) is 0.303. The smallest absolute Gasteiger partial charge is 0.147 e. The predicted molar refractivity (Wildman–Crippen MR) is 113 cm³/mol. The molecule has 0 aliphatic heterocycles. The number of hydrogen-bond donors (Lipinski definition) is 0. The zero-order chi connectivity index (χ0) is 18.1. The van der Waals surface area contributed by atoms with E-state index in [4.69, 9.17) is 8.83 Å². The number of rotatable bonds is 1. The molecule has 2 heterocycles. The zero-order valence-corrected chi connectivity index (χ0v) is 15.2. The molecule has 0 atom stereocenters. The van der Waals surface area contributed by atoms with Crippen LogP contribution in [0.4, 0.5) is 0 Å². The molecular weight excluding hydrogens is 332 g/mol. The number of benzene rings is 4. The van der Waals surface area contributed by atoms with Crippen molar-refractivity contribution < 1.29 is 8.83 Å². The highest BCUT2D eigenvalue weighted by atomic mass is 16.3. The van der Waals surface area contributed by atoms with Crippen LogP contribution < -0.4 is 0 Å². The average molecular weight is 350 g/mol. The second-order valence-corrected chi connectivity index (χ2v) is 7.56. The first-order chi connectivity index (χ1) is 13.2. The first-order valence-corrected chi connectivity index (χ1v) is 9.40. The van der Waals surface area contributed by atoms with Crippen LogP contribution in [-0.2, 0) is 0 Å². The maximum absolute atomic E-state index is 6.49. The molecule has 0 saturated carbocycles. The van der Waals surface area contributed by atoms with Crippen LogP contribution in [0.5, 0.6) is 0 Å². The van der Waals surface area contributed by atoms with Crippen molar-refractivity contribution in [3.8, 4) is 0 Å². The Morgan fingerprint density at radius 3 is 2.26 bits per heavy atom. The molecule has 0 N–H and O–H groups in total. The first kappa shape index (κ1) is 14.9. The topological polar surface area (TPSA) is 26.3 Å². The summed E-state index contributed by atoms with van der Waals surface area (Å²) in [4.78, 5) is 0. The van der Waals surface area contributed by atoms with Gasteiger partial charge in [0.2, 0.25) is 0 Å². The molecule has 0 amide bonds. The molecule has 2 heteroatoms. The van der Waals surface area contributed by atoms with Crippen molar-refractivity contribution in [1.29, 1.82) is 0 Å². The summed E-state index contributed by atoms with van der Waals surface area (Å²) in [5.41, 5.74) is 4.95. The Balaban J connectivity index is 1.85. The van der Waals surface area contributed by atoms with Crippen molar-refractivity contribution in [1.82, 2.24) is 0 Å². The third-order valence-electron chi connectivity index (χ3n) is 5.64. The molecule has 0 spiro atoms. The molecule has 0 fully saturated rings. The summed E-state index contributed by atoms with van der Waals surface area (Å²) in [5.74, 6) is 0.407. The van der Waals surface area contributed by atoms with E-state index in [1.165, 1.54) is 10.9 Å². The molecule has 0 bridgehead atoms. The highest BCUT2D eigenvalue weighted by Gasteiger charge is 2.19. The Labute approximate surface area is 156 Å². The lowest BCUT2D eigenvalue weighted by Gasteiger charge is -2.04. The molecule has 0 aliphatic carbocycles. The summed E-state index contributed by atoms with van der Waals surface area (Å²) >= 11 is 0. The van der Waals surface area contributed by atoms with Crippen LogP contribution in [-0.4, -0.2) is 0 Å². The average Bonchev–Trinajstić information content (AvgIpc) is 3.25. The molecule has 0 radical (unpaired) electrons. The van der Waals surface area contributed by atoms with Gasteiger partial charge in [-0.05, 0) is 35.1 Å². The number of hydrogen-bond acceptors (Lipinski definition) is 2. The van der Waals surface area contributed by atoms with E-state index in [0.717, 1.165) is 49.3 Å². The second kappa shape index (κ2) is 5.14. The molecule has 130 valence electrons. The lowest BCUT2D eigenvalue weighted by atomic mass is 10.00. The van der Waals surface area contributed by atoms with E-state index < -0.39 is 0 Å². The van der Waals surface area contributed by atoms with Gasteiger partial charge in [-0.2, -0.15) is 0 Å². The fourth-order valence-electron chi connectivity index (χ4n) is 4.32. The lowest BCUT2D eigenvalue weighted by molar-refractivity contribution is 0.654. The van der Waals surface area contributed by atoms with E-state index in [2.05, 4.69) is 80.6 Å². The van der Waals surface area contributed by atoms with Crippen LogP contribution in [0.2, 0.25) is 0 Å². The minimum absolute atomic E-state index is 0.407. The van der Waals surface area contributed by atoms with Crippen LogP contribution in [0.25, 0.3) is 54.6 Å². The Kier molecular flexibility index (Phi) is 2.83. The largest absolute Gasteiger partial charge is 0.456 e. The van der Waals surface area contributed by atoms with Crippen molar-refractivity contribution in [3.05, 3.63) is 72.3 Å². The summed E-state index contributed by atoms with van der Waals surface area (Å²) in [6, 6.07) is 23.3. The molecule has 2 nitrogen and oxygen atoms in total. The summed E-state index contributed by atoms with van der Waals surface area (Å²) in [5, 5.41) is 6.84. The first-order valence-electron chi connectivity index (χ1n) is 9.40. The summed E-state index contributed by atoms with van der Waals surface area (Å²) in [6.07, 6.45) is 0. The van der Waals surface area contributed by atoms with Crippen LogP contribution in [0.1, 0.15) is 25.3 Å². The fraction of sp³-hybridized carbons (Fsp3) is 0.120. The van der Waals surface area contributed by atoms with E-state index in [0.29, 0.717) is 5.92 Å². The molecule has 6 rings (SSSR count). The van der Waals surface area contributed by atoms with Crippen molar-refractivity contribution in [2.75, 3.05) is 0 Å². The molecule has 2 aromatic heterocycles. The summed E-state index contributed by atoms with van der Waals surface area (Å²) in [6.45, 7) is 4.40. The Morgan fingerprint density at radius 1 is 0.593 bits per heavy atom. The van der Waals surface area contributed by atoms with Gasteiger partial charge in [-0.25, -0.2) is 0 Å². The molecular formula is C25H18O2. The fourth-order valence-corrected chi connectivity index (χ4v) is 4.32. The zero-order valence-electron chi connectivity index (χ0n) is 15.2. The third-order valence-corrected chi connectivity index (χ3v) is 5.64. The van der Waals surface area contributed by atoms with Gasteiger partial charge < -0.3 is 8.83 Å². The van der Waals surface area contributed by atoms with Crippen LogP contribution in [0.15, 0.2) is 75.6 Å². The van der Waals surface area contributed by atoms with Crippen molar-refractivity contribution in [3.63, 3.8) is 0 Å². The maximum Gasteiger partial charge on any atom is 0.147 e. The second-order valence-electron chi connectivity index (χ2n) is 7.56. The van der Waals surface area contributed by atoms with Gasteiger partial charge in [0, 0.05) is 21.5 Å². The van der Waals surface area contributed by atoms with Gasteiger partial charge in [-0.1, -0.05) is 62.4 Å². The van der Waals surface area contributed by atoms with E-state index in [1.54, 1.807) is 0 Å². The summed E-state index contributed by atoms with van der Waals surface area (Å²) in [7, 11) is 0. The van der Waals surface area contributed by atoms with Crippen LogP contribution >= 0.6 is 0 Å². The van der Waals surface area contributed by atoms with Gasteiger partial charge in [0.05, 0.1) is 5.39 Å². The van der Waals surface area contributed by atoms with Crippen molar-refractivity contribution in [2.45, 2.75) is 19.8 Å². The monoisotopic (exact) mass is 350 g/mol. The van der Waals surface area contributed by atoms with Crippen LogP contribution in [0, 0.1) is 0 Å². The van der Waals surface area contributed by atoms with Crippen molar-refractivity contribution in [2.24, 2.45) is 0 Å². The number of fused-ring (bicyclic) bond motifs is 9. The van der Waals surface area contributed by atoms with E-state index in [9.17, 15) is 0 Å². The Morgan fingerprint density at radius 2 is 1.37 bits per heavy atom. The van der Waals surface area contributed by atoms with Gasteiger partial charge in [-0.3, -0.25) is 0 Å². The normalized spacial score (nSPS) is 12.4. The van der Waals surface area contributed by atoms with Gasteiger partial charge in [-0.15, -0.1) is 0 Å². The van der Waals surface area contributed by atoms with E-state index in [1.807, 2.05) is 0 Å². The minimum atomic E-state index is 0.407. The maximum atomic E-state index is 6.49. The SMILES string of the molecule is CC(C)c1cccc2c1oc1ccc3c4ccc5ccccc5c4oc3c12. The number of furan rings is 2. The van der Waals surface area contributed by atoms with Gasteiger partial charge in [0.15, 0.2) is 0 Å². The predicted octanol–water partition coefficient (Wildman–Crippen LogP) is 7.76. The van der Waals surface area contributed by atoms with Gasteiger partial charge in [0.1, 0.15) is 22.3 Å². The lowest BCUT2D eigenvalue weighted by Crippen LogP contribution is -1.86. The molecule has 0 saturated heterocycles. The van der Waals surface area contributed by atoms with Crippen LogP contribution in [0.3, 0.4) is 0 Å². The molecule has 4 aromatic carbocycles. The van der Waals surface area contributed by atoms with E-state index in [-0.39, 0.29) is 0 Å². The highest BCUT2D eigenvalue weighted by molar-refractivity contribution is 6.24. The standard InChI is InChI=1S/C25H18O2/c1-14(2)16-8-5-9-20-22-21(26-23(16)20)13-12-19-18-11-10-15-6-3-4-7-17(15)24(18)27-25(19)22/h3-14H,1-2H3. The molecule has 27 heavy (non-hydrogen) atoms. The van der Waals surface area contributed by atoms with E-state index >= 15 is 0 Å². The Bertz CT molecular complexity index is 1500. The third kappa shape index (κ3) is 1.90. The molecule has 0 unspecified atom stereocenters. The number of para-hydroxylation sites is 1. The minimum Gasteiger partial charge on any atom is -0.456 e. The van der Waals surface area contributed by atoms with Crippen molar-refractivity contribution >= 4 is 54.6 Å².